The van der Waals surface area contributed by atoms with E-state index in [1.54, 1.807) is 0 Å². The second-order valence-corrected chi connectivity index (χ2v) is 3.76. The van der Waals surface area contributed by atoms with Crippen LogP contribution in [0.5, 0.6) is 0 Å². The summed E-state index contributed by atoms with van der Waals surface area (Å²) in [5.74, 6) is 0.907. The number of rotatable bonds is 2. The van der Waals surface area contributed by atoms with Gasteiger partial charge in [0.05, 0.1) is 16.7 Å². The monoisotopic (exact) mass is 217 g/mol. The Hall–Kier alpha value is -1.84. The number of hydrogen-bond donors (Lipinski definition) is 1. The van der Waals surface area contributed by atoms with Crippen LogP contribution in [0, 0.1) is 6.92 Å². The molecule has 0 atom stereocenters. The standard InChI is InChI=1S/C12H15N3O/c1-4-15-8(2)13-10-6-5-7-11(12(10)15)14-9(3)16/h5-7H,4H2,1-3H3,(H,14,16). The number of nitrogens with zero attached hydrogens (tertiary/aromatic N) is 2. The molecule has 2 aromatic rings. The summed E-state index contributed by atoms with van der Waals surface area (Å²) in [5, 5.41) is 2.84. The molecule has 0 spiro atoms. The van der Waals surface area contributed by atoms with Crippen LogP contribution >= 0.6 is 0 Å². The van der Waals surface area contributed by atoms with E-state index in [1.165, 1.54) is 6.92 Å². The van der Waals surface area contributed by atoms with E-state index in [9.17, 15) is 4.79 Å². The first-order valence-corrected chi connectivity index (χ1v) is 5.37. The molecule has 1 aromatic heterocycles. The Kier molecular flexibility index (Phi) is 2.64. The molecule has 1 heterocycles. The second kappa shape index (κ2) is 3.96. The number of hydrogen-bond acceptors (Lipinski definition) is 2. The van der Waals surface area contributed by atoms with Gasteiger partial charge in [-0.2, -0.15) is 0 Å². The minimum atomic E-state index is -0.0611. The van der Waals surface area contributed by atoms with Gasteiger partial charge in [-0.3, -0.25) is 4.79 Å². The molecular formula is C12H15N3O. The molecule has 1 N–H and O–H groups in total. The van der Waals surface area contributed by atoms with Crippen molar-refractivity contribution in [2.75, 3.05) is 5.32 Å². The van der Waals surface area contributed by atoms with Crippen LogP contribution in [0.4, 0.5) is 5.69 Å². The number of amides is 1. The minimum Gasteiger partial charge on any atom is -0.327 e. The molecule has 0 aliphatic carbocycles. The number of carbonyl (C=O) groups is 1. The van der Waals surface area contributed by atoms with Crippen molar-refractivity contribution in [3.8, 4) is 0 Å². The summed E-state index contributed by atoms with van der Waals surface area (Å²) in [6.45, 7) is 6.40. The molecule has 16 heavy (non-hydrogen) atoms. The number of nitrogens with one attached hydrogen (secondary N) is 1. The molecule has 0 saturated carbocycles. The van der Waals surface area contributed by atoms with Crippen molar-refractivity contribution in [1.82, 2.24) is 9.55 Å². The van der Waals surface area contributed by atoms with E-state index < -0.39 is 0 Å². The van der Waals surface area contributed by atoms with Gasteiger partial charge >= 0.3 is 0 Å². The highest BCUT2D eigenvalue weighted by atomic mass is 16.1. The fraction of sp³-hybridized carbons (Fsp3) is 0.333. The number of imidazole rings is 1. The van der Waals surface area contributed by atoms with Crippen molar-refractivity contribution < 1.29 is 4.79 Å². The lowest BCUT2D eigenvalue weighted by molar-refractivity contribution is -0.114. The average Bonchev–Trinajstić information content (AvgIpc) is 2.53. The molecule has 0 aliphatic heterocycles. The summed E-state index contributed by atoms with van der Waals surface area (Å²) < 4.78 is 2.10. The largest absolute Gasteiger partial charge is 0.327 e. The van der Waals surface area contributed by atoms with Crippen LogP contribution in [0.1, 0.15) is 19.7 Å². The highest BCUT2D eigenvalue weighted by Crippen LogP contribution is 2.24. The van der Waals surface area contributed by atoms with E-state index in [0.717, 1.165) is 29.1 Å². The number of benzene rings is 1. The zero-order chi connectivity index (χ0) is 11.7. The predicted octanol–water partition coefficient (Wildman–Crippen LogP) is 2.32. The van der Waals surface area contributed by atoms with Gasteiger partial charge in [0.2, 0.25) is 5.91 Å². The van der Waals surface area contributed by atoms with Gasteiger partial charge < -0.3 is 9.88 Å². The molecule has 0 unspecified atom stereocenters. The van der Waals surface area contributed by atoms with E-state index in [2.05, 4.69) is 21.8 Å². The SMILES string of the molecule is CCn1c(C)nc2cccc(NC(C)=O)c21. The fourth-order valence-corrected chi connectivity index (χ4v) is 1.98. The van der Waals surface area contributed by atoms with Crippen molar-refractivity contribution in [1.29, 1.82) is 0 Å². The van der Waals surface area contributed by atoms with Crippen LogP contribution in [0.15, 0.2) is 18.2 Å². The van der Waals surface area contributed by atoms with Crippen molar-refractivity contribution in [3.05, 3.63) is 24.0 Å². The minimum absolute atomic E-state index is 0.0611. The molecule has 0 saturated heterocycles. The zero-order valence-electron chi connectivity index (χ0n) is 9.74. The Balaban J connectivity index is 2.68. The molecule has 84 valence electrons. The van der Waals surface area contributed by atoms with Crippen LogP contribution in [-0.2, 0) is 11.3 Å². The third-order valence-electron chi connectivity index (χ3n) is 2.58. The maximum Gasteiger partial charge on any atom is 0.221 e. The molecule has 0 radical (unpaired) electrons. The predicted molar refractivity (Wildman–Crippen MR) is 64.4 cm³/mol. The number of para-hydroxylation sites is 1. The smallest absolute Gasteiger partial charge is 0.221 e. The van der Waals surface area contributed by atoms with Gasteiger partial charge in [-0.25, -0.2) is 4.98 Å². The second-order valence-electron chi connectivity index (χ2n) is 3.76. The van der Waals surface area contributed by atoms with Gasteiger partial charge in [-0.05, 0) is 26.0 Å². The highest BCUT2D eigenvalue weighted by molar-refractivity contribution is 5.98. The average molecular weight is 217 g/mol. The summed E-state index contributed by atoms with van der Waals surface area (Å²) in [5.41, 5.74) is 2.75. The molecule has 1 amide bonds. The first-order valence-electron chi connectivity index (χ1n) is 5.37. The third kappa shape index (κ3) is 1.66. The summed E-state index contributed by atoms with van der Waals surface area (Å²) in [7, 11) is 0. The summed E-state index contributed by atoms with van der Waals surface area (Å²) in [4.78, 5) is 15.6. The fourth-order valence-electron chi connectivity index (χ4n) is 1.98. The number of anilines is 1. The zero-order valence-corrected chi connectivity index (χ0v) is 9.74. The van der Waals surface area contributed by atoms with Crippen molar-refractivity contribution in [3.63, 3.8) is 0 Å². The topological polar surface area (TPSA) is 46.9 Å². The van der Waals surface area contributed by atoms with Crippen LogP contribution in [0.3, 0.4) is 0 Å². The van der Waals surface area contributed by atoms with Gasteiger partial charge in [0.1, 0.15) is 5.82 Å². The molecular weight excluding hydrogens is 202 g/mol. The lowest BCUT2D eigenvalue weighted by Gasteiger charge is -2.07. The highest BCUT2D eigenvalue weighted by Gasteiger charge is 2.10. The lowest BCUT2D eigenvalue weighted by Crippen LogP contribution is -2.08. The molecule has 1 aromatic carbocycles. The number of aryl methyl sites for hydroxylation is 2. The van der Waals surface area contributed by atoms with Crippen molar-refractivity contribution in [2.24, 2.45) is 0 Å². The number of fused-ring (bicyclic) bond motifs is 1. The van der Waals surface area contributed by atoms with Gasteiger partial charge in [-0.15, -0.1) is 0 Å². The Morgan fingerprint density at radius 1 is 1.50 bits per heavy atom. The third-order valence-corrected chi connectivity index (χ3v) is 2.58. The summed E-state index contributed by atoms with van der Waals surface area (Å²) in [6, 6.07) is 5.76. The van der Waals surface area contributed by atoms with E-state index in [-0.39, 0.29) is 5.91 Å². The van der Waals surface area contributed by atoms with E-state index in [1.807, 2.05) is 25.1 Å². The van der Waals surface area contributed by atoms with Gasteiger partial charge in [0.25, 0.3) is 0 Å². The Morgan fingerprint density at radius 2 is 2.25 bits per heavy atom. The van der Waals surface area contributed by atoms with Gasteiger partial charge in [0.15, 0.2) is 0 Å². The molecule has 0 bridgehead atoms. The molecule has 0 fully saturated rings. The molecule has 0 aliphatic rings. The van der Waals surface area contributed by atoms with Gasteiger partial charge in [0, 0.05) is 13.5 Å². The van der Waals surface area contributed by atoms with E-state index in [4.69, 9.17) is 0 Å². The van der Waals surface area contributed by atoms with Crippen LogP contribution in [0.25, 0.3) is 11.0 Å². The molecule has 2 rings (SSSR count). The normalized spacial score (nSPS) is 10.7. The maximum absolute atomic E-state index is 11.1. The summed E-state index contributed by atoms with van der Waals surface area (Å²) in [6.07, 6.45) is 0. The van der Waals surface area contributed by atoms with E-state index >= 15 is 0 Å². The first-order chi connectivity index (χ1) is 7.63. The molecule has 4 nitrogen and oxygen atoms in total. The van der Waals surface area contributed by atoms with E-state index in [0.29, 0.717) is 0 Å². The number of carbonyl (C=O) groups excluding carboxylic acids is 1. The van der Waals surface area contributed by atoms with Crippen LogP contribution < -0.4 is 5.32 Å². The Bertz CT molecular complexity index is 542. The molecule has 4 heteroatoms. The van der Waals surface area contributed by atoms with Crippen molar-refractivity contribution >= 4 is 22.6 Å². The summed E-state index contributed by atoms with van der Waals surface area (Å²) >= 11 is 0. The Labute approximate surface area is 94.3 Å². The number of aromatic nitrogens is 2. The Morgan fingerprint density at radius 3 is 2.88 bits per heavy atom. The van der Waals surface area contributed by atoms with Crippen molar-refractivity contribution in [2.45, 2.75) is 27.3 Å². The quantitative estimate of drug-likeness (QED) is 0.839. The first kappa shape index (κ1) is 10.7. The van der Waals surface area contributed by atoms with Gasteiger partial charge in [-0.1, -0.05) is 6.07 Å². The lowest BCUT2D eigenvalue weighted by atomic mass is 10.2. The van der Waals surface area contributed by atoms with Crippen LogP contribution in [0.2, 0.25) is 0 Å². The maximum atomic E-state index is 11.1. The van der Waals surface area contributed by atoms with Crippen LogP contribution in [-0.4, -0.2) is 15.5 Å².